The normalized spacial score (nSPS) is 13.2. The number of pyridine rings is 2. The van der Waals surface area contributed by atoms with E-state index in [4.69, 9.17) is 23.9 Å². The molecule has 5 aromatic rings. The van der Waals surface area contributed by atoms with Crippen LogP contribution in [0.2, 0.25) is 0 Å². The van der Waals surface area contributed by atoms with E-state index in [1.807, 2.05) is 55.5 Å². The second kappa shape index (κ2) is 13.3. The summed E-state index contributed by atoms with van der Waals surface area (Å²) in [7, 11) is 0. The predicted octanol–water partition coefficient (Wildman–Crippen LogP) is 4.47. The lowest BCUT2D eigenvalue weighted by atomic mass is 9.98. The van der Waals surface area contributed by atoms with Crippen molar-refractivity contribution in [2.24, 2.45) is 0 Å². The minimum absolute atomic E-state index is 0.113. The van der Waals surface area contributed by atoms with Crippen molar-refractivity contribution in [2.75, 3.05) is 39.5 Å². The van der Waals surface area contributed by atoms with Crippen molar-refractivity contribution in [1.82, 2.24) is 35.5 Å². The number of benzene rings is 2. The topological polar surface area (TPSA) is 137 Å². The fourth-order valence-corrected chi connectivity index (χ4v) is 4.75. The van der Waals surface area contributed by atoms with Gasteiger partial charge in [-0.2, -0.15) is 0 Å². The van der Waals surface area contributed by atoms with Crippen LogP contribution in [0.25, 0.3) is 33.5 Å². The summed E-state index contributed by atoms with van der Waals surface area (Å²) < 4.78 is 22.7. The van der Waals surface area contributed by atoms with Gasteiger partial charge in [0.05, 0.1) is 18.7 Å². The Kier molecular flexibility index (Phi) is 8.64. The zero-order chi connectivity index (χ0) is 29.4. The number of aromatic amines is 1. The van der Waals surface area contributed by atoms with E-state index in [0.717, 1.165) is 34.4 Å². The van der Waals surface area contributed by atoms with Crippen molar-refractivity contribution < 1.29 is 23.7 Å². The lowest BCUT2D eigenvalue weighted by Crippen LogP contribution is -2.41. The summed E-state index contributed by atoms with van der Waals surface area (Å²) in [6.45, 7) is 4.78. The Hall–Kier alpha value is -5.10. The highest BCUT2D eigenvalue weighted by Crippen LogP contribution is 2.31. The third-order valence-electron chi connectivity index (χ3n) is 7.02. The van der Waals surface area contributed by atoms with Crippen LogP contribution in [0.15, 0.2) is 66.7 Å². The van der Waals surface area contributed by atoms with Crippen LogP contribution in [-0.2, 0) is 22.5 Å². The predicted molar refractivity (Wildman–Crippen MR) is 158 cm³/mol. The molecule has 1 N–H and O–H groups in total. The molecule has 1 aliphatic heterocycles. The number of amides is 1. The van der Waals surface area contributed by atoms with Gasteiger partial charge in [0.2, 0.25) is 5.88 Å². The van der Waals surface area contributed by atoms with Crippen molar-refractivity contribution in [1.29, 1.82) is 0 Å². The molecule has 2 aromatic carbocycles. The third-order valence-corrected chi connectivity index (χ3v) is 7.02. The van der Waals surface area contributed by atoms with E-state index in [1.54, 1.807) is 11.0 Å². The SMILES string of the molecule is CCc1cc(OCc2ccc(-c3ccccc3-c3nnn[nH]3)cc2)c2nc(OCCOC(=O)N3CCOCC3)ccc2n1. The van der Waals surface area contributed by atoms with Gasteiger partial charge in [-0.05, 0) is 39.6 Å². The maximum atomic E-state index is 12.2. The first-order valence-corrected chi connectivity index (χ1v) is 14.2. The van der Waals surface area contributed by atoms with E-state index in [2.05, 4.69) is 37.7 Å². The van der Waals surface area contributed by atoms with E-state index in [1.165, 1.54) is 0 Å². The molecule has 1 aliphatic rings. The van der Waals surface area contributed by atoms with Crippen LogP contribution >= 0.6 is 0 Å². The van der Waals surface area contributed by atoms with Crippen LogP contribution in [0.4, 0.5) is 4.79 Å². The first-order valence-electron chi connectivity index (χ1n) is 14.2. The molecule has 1 fully saturated rings. The number of aryl methyl sites for hydroxylation is 1. The average molecular weight is 582 g/mol. The smallest absolute Gasteiger partial charge is 0.410 e. The van der Waals surface area contributed by atoms with E-state index in [-0.39, 0.29) is 19.3 Å². The van der Waals surface area contributed by atoms with Crippen molar-refractivity contribution in [2.45, 2.75) is 20.0 Å². The van der Waals surface area contributed by atoms with Crippen molar-refractivity contribution >= 4 is 17.1 Å². The number of hydrogen-bond donors (Lipinski definition) is 1. The Labute approximate surface area is 248 Å². The average Bonchev–Trinajstić information content (AvgIpc) is 3.61. The first-order chi connectivity index (χ1) is 21.2. The molecule has 0 bridgehead atoms. The number of nitrogens with one attached hydrogen (secondary N) is 1. The van der Waals surface area contributed by atoms with Crippen LogP contribution in [-0.4, -0.2) is 81.1 Å². The fourth-order valence-electron chi connectivity index (χ4n) is 4.75. The van der Waals surface area contributed by atoms with Crippen molar-refractivity contribution in [3.63, 3.8) is 0 Å². The Morgan fingerprint density at radius 1 is 0.953 bits per heavy atom. The molecule has 4 heterocycles. The molecule has 0 spiro atoms. The third kappa shape index (κ3) is 6.70. The zero-order valence-electron chi connectivity index (χ0n) is 23.7. The van der Waals surface area contributed by atoms with Gasteiger partial charge in [-0.3, -0.25) is 4.98 Å². The Bertz CT molecular complexity index is 1670. The number of H-pyrrole nitrogens is 1. The van der Waals surface area contributed by atoms with Crippen LogP contribution in [0, 0.1) is 0 Å². The van der Waals surface area contributed by atoms with Gasteiger partial charge >= 0.3 is 6.09 Å². The summed E-state index contributed by atoms with van der Waals surface area (Å²) in [5, 5.41) is 14.3. The summed E-state index contributed by atoms with van der Waals surface area (Å²) in [5.41, 5.74) is 6.21. The van der Waals surface area contributed by atoms with E-state index in [9.17, 15) is 4.79 Å². The molecule has 12 heteroatoms. The quantitative estimate of drug-likeness (QED) is 0.235. The summed E-state index contributed by atoms with van der Waals surface area (Å²) >= 11 is 0. The lowest BCUT2D eigenvalue weighted by molar-refractivity contribution is 0.0238. The summed E-state index contributed by atoms with van der Waals surface area (Å²) in [5.74, 6) is 1.64. The molecule has 43 heavy (non-hydrogen) atoms. The number of rotatable bonds is 10. The van der Waals surface area contributed by atoms with E-state index >= 15 is 0 Å². The largest absolute Gasteiger partial charge is 0.486 e. The molecule has 220 valence electrons. The number of aromatic nitrogens is 6. The Balaban J connectivity index is 1.12. The fraction of sp³-hybridized carbons (Fsp3) is 0.290. The molecule has 1 amide bonds. The van der Waals surface area contributed by atoms with Gasteiger partial charge in [0, 0.05) is 36.5 Å². The molecule has 12 nitrogen and oxygen atoms in total. The van der Waals surface area contributed by atoms with E-state index < -0.39 is 0 Å². The van der Waals surface area contributed by atoms with Crippen LogP contribution in [0.5, 0.6) is 11.6 Å². The number of tetrazole rings is 1. The number of hydrogen-bond acceptors (Lipinski definition) is 10. The Morgan fingerprint density at radius 2 is 1.77 bits per heavy atom. The minimum Gasteiger partial charge on any atom is -0.486 e. The summed E-state index contributed by atoms with van der Waals surface area (Å²) in [4.78, 5) is 23.2. The maximum absolute atomic E-state index is 12.2. The summed E-state index contributed by atoms with van der Waals surface area (Å²) in [6, 6.07) is 21.7. The first kappa shape index (κ1) is 28.0. The molecule has 0 atom stereocenters. The number of nitrogens with zero attached hydrogens (tertiary/aromatic N) is 6. The minimum atomic E-state index is -0.366. The number of carbonyl (C=O) groups is 1. The summed E-state index contributed by atoms with van der Waals surface area (Å²) in [6.07, 6.45) is 0.392. The highest BCUT2D eigenvalue weighted by Gasteiger charge is 2.18. The highest BCUT2D eigenvalue weighted by atomic mass is 16.6. The Morgan fingerprint density at radius 3 is 2.53 bits per heavy atom. The number of fused-ring (bicyclic) bond motifs is 1. The van der Waals surface area contributed by atoms with Gasteiger partial charge in [0.15, 0.2) is 5.82 Å². The second-order valence-corrected chi connectivity index (χ2v) is 9.83. The molecule has 0 unspecified atom stereocenters. The van der Waals surface area contributed by atoms with Gasteiger partial charge in [-0.1, -0.05) is 55.5 Å². The van der Waals surface area contributed by atoms with Crippen LogP contribution in [0.1, 0.15) is 18.2 Å². The standard InChI is InChI=1S/C31H31N7O5/c1-2-23-19-27(29-26(32-23)11-12-28(33-29)41-17-18-42-31(39)38-13-15-40-16-14-38)43-20-21-7-9-22(10-8-21)24-5-3-4-6-25(24)30-34-36-37-35-30/h3-12,19H,2,13-18,20H2,1H3,(H,34,35,36,37). The van der Waals surface area contributed by atoms with Gasteiger partial charge < -0.3 is 23.8 Å². The van der Waals surface area contributed by atoms with Gasteiger partial charge in [0.25, 0.3) is 0 Å². The molecule has 6 rings (SSSR count). The van der Waals surface area contributed by atoms with Crippen molar-refractivity contribution in [3.8, 4) is 34.1 Å². The van der Waals surface area contributed by atoms with E-state index in [0.29, 0.717) is 61.4 Å². The molecular formula is C31H31N7O5. The molecule has 0 radical (unpaired) electrons. The maximum Gasteiger partial charge on any atom is 0.410 e. The lowest BCUT2D eigenvalue weighted by Gasteiger charge is -2.25. The second-order valence-electron chi connectivity index (χ2n) is 9.83. The monoisotopic (exact) mass is 581 g/mol. The zero-order valence-corrected chi connectivity index (χ0v) is 23.7. The highest BCUT2D eigenvalue weighted by molar-refractivity contribution is 5.82. The molecule has 3 aromatic heterocycles. The van der Waals surface area contributed by atoms with Crippen LogP contribution < -0.4 is 9.47 Å². The molecular weight excluding hydrogens is 550 g/mol. The van der Waals surface area contributed by atoms with Crippen LogP contribution in [0.3, 0.4) is 0 Å². The number of carbonyl (C=O) groups excluding carboxylic acids is 1. The molecule has 1 saturated heterocycles. The number of morpholine rings is 1. The molecule has 0 aliphatic carbocycles. The molecule has 0 saturated carbocycles. The van der Waals surface area contributed by atoms with Gasteiger partial charge in [0.1, 0.15) is 31.1 Å². The van der Waals surface area contributed by atoms with Gasteiger partial charge in [-0.25, -0.2) is 14.9 Å². The number of ether oxygens (including phenoxy) is 4. The van der Waals surface area contributed by atoms with Crippen molar-refractivity contribution in [3.05, 3.63) is 78.0 Å². The van der Waals surface area contributed by atoms with Gasteiger partial charge in [-0.15, -0.1) is 5.10 Å².